The van der Waals surface area contributed by atoms with Gasteiger partial charge in [-0.25, -0.2) is 0 Å². The van der Waals surface area contributed by atoms with E-state index in [0.29, 0.717) is 6.54 Å². The molecule has 0 radical (unpaired) electrons. The number of likely N-dealkylation sites (tertiary alicyclic amines) is 1. The minimum atomic E-state index is -0.538. The zero-order chi connectivity index (χ0) is 18.7. The highest BCUT2D eigenvalue weighted by Crippen LogP contribution is 2.26. The van der Waals surface area contributed by atoms with Crippen LogP contribution in [0.25, 0.3) is 0 Å². The van der Waals surface area contributed by atoms with Gasteiger partial charge in [-0.1, -0.05) is 11.6 Å². The van der Waals surface area contributed by atoms with Crippen molar-refractivity contribution in [3.8, 4) is 0 Å². The molecule has 3 rings (SSSR count). The van der Waals surface area contributed by atoms with Crippen LogP contribution in [0, 0.1) is 10.1 Å². The van der Waals surface area contributed by atoms with Crippen LogP contribution in [0.3, 0.4) is 0 Å². The number of nitrogens with one attached hydrogen (secondary N) is 1. The summed E-state index contributed by atoms with van der Waals surface area (Å²) < 4.78 is 2.05. The van der Waals surface area contributed by atoms with Gasteiger partial charge in [0, 0.05) is 37.6 Å². The Morgan fingerprint density at radius 1 is 1.35 bits per heavy atom. The number of nitrogens with zero attached hydrogens (tertiary/aromatic N) is 3. The summed E-state index contributed by atoms with van der Waals surface area (Å²) in [6.07, 6.45) is 4.27. The van der Waals surface area contributed by atoms with Gasteiger partial charge in [0.15, 0.2) is 0 Å². The smallest absolute Gasteiger partial charge is 0.270 e. The van der Waals surface area contributed by atoms with Gasteiger partial charge in [-0.2, -0.15) is 0 Å². The fourth-order valence-electron chi connectivity index (χ4n) is 3.38. The third-order valence-electron chi connectivity index (χ3n) is 4.77. The van der Waals surface area contributed by atoms with E-state index in [2.05, 4.69) is 20.9 Å². The molecule has 2 aromatic rings. The second-order valence-corrected chi connectivity index (χ2v) is 6.84. The van der Waals surface area contributed by atoms with E-state index in [4.69, 9.17) is 11.6 Å². The Bertz CT molecular complexity index is 815. The maximum Gasteiger partial charge on any atom is 0.270 e. The van der Waals surface area contributed by atoms with Crippen molar-refractivity contribution in [2.24, 2.45) is 7.05 Å². The van der Waals surface area contributed by atoms with Crippen molar-refractivity contribution >= 4 is 23.2 Å². The van der Waals surface area contributed by atoms with Gasteiger partial charge in [-0.15, -0.1) is 0 Å². The molecule has 1 aromatic heterocycles. The maximum absolute atomic E-state index is 12.6. The first-order chi connectivity index (χ1) is 12.5. The van der Waals surface area contributed by atoms with E-state index in [1.165, 1.54) is 18.2 Å². The van der Waals surface area contributed by atoms with Crippen LogP contribution < -0.4 is 5.32 Å². The number of aromatic nitrogens is 1. The minimum Gasteiger partial charge on any atom is -0.353 e. The normalized spacial score (nSPS) is 15.8. The first-order valence-corrected chi connectivity index (χ1v) is 8.92. The Morgan fingerprint density at radius 2 is 2.08 bits per heavy atom. The molecule has 0 saturated carbocycles. The Balaban J connectivity index is 1.77. The number of amides is 1. The van der Waals surface area contributed by atoms with Crippen molar-refractivity contribution < 1.29 is 9.72 Å². The van der Waals surface area contributed by atoms with Crippen LogP contribution in [-0.2, 0) is 7.05 Å². The average Bonchev–Trinajstić information content (AvgIpc) is 3.28. The molecule has 1 amide bonds. The van der Waals surface area contributed by atoms with E-state index < -0.39 is 10.8 Å². The van der Waals surface area contributed by atoms with Gasteiger partial charge in [-0.05, 0) is 44.1 Å². The van der Waals surface area contributed by atoms with Crippen LogP contribution in [0.5, 0.6) is 0 Å². The first-order valence-electron chi connectivity index (χ1n) is 8.55. The molecule has 1 atom stereocenters. The predicted octanol–water partition coefficient (Wildman–Crippen LogP) is 3.15. The summed E-state index contributed by atoms with van der Waals surface area (Å²) >= 11 is 6.07. The van der Waals surface area contributed by atoms with Gasteiger partial charge in [0.05, 0.1) is 21.6 Å². The summed E-state index contributed by atoms with van der Waals surface area (Å²) in [6.45, 7) is 2.39. The molecule has 0 spiro atoms. The molecule has 1 aromatic carbocycles. The van der Waals surface area contributed by atoms with Crippen molar-refractivity contribution in [2.45, 2.75) is 18.9 Å². The van der Waals surface area contributed by atoms with E-state index in [1.807, 2.05) is 19.3 Å². The van der Waals surface area contributed by atoms with Crippen molar-refractivity contribution in [2.75, 3.05) is 19.6 Å². The lowest BCUT2D eigenvalue weighted by atomic mass is 10.1. The van der Waals surface area contributed by atoms with Crippen molar-refractivity contribution in [3.05, 3.63) is 62.9 Å². The number of carbonyl (C=O) groups excluding carboxylic acids is 1. The van der Waals surface area contributed by atoms with Crippen molar-refractivity contribution in [1.29, 1.82) is 0 Å². The topological polar surface area (TPSA) is 80.4 Å². The number of carbonyl (C=O) groups is 1. The van der Waals surface area contributed by atoms with Gasteiger partial charge in [0.25, 0.3) is 11.6 Å². The largest absolute Gasteiger partial charge is 0.353 e. The molecule has 7 nitrogen and oxygen atoms in total. The van der Waals surface area contributed by atoms with Gasteiger partial charge in [-0.3, -0.25) is 19.8 Å². The predicted molar refractivity (Wildman–Crippen MR) is 99.4 cm³/mol. The van der Waals surface area contributed by atoms with Crippen LogP contribution in [0.1, 0.15) is 34.9 Å². The summed E-state index contributed by atoms with van der Waals surface area (Å²) in [6, 6.07) is 7.97. The van der Waals surface area contributed by atoms with Crippen molar-refractivity contribution in [1.82, 2.24) is 14.8 Å². The Kier molecular flexibility index (Phi) is 5.58. The van der Waals surface area contributed by atoms with Crippen LogP contribution in [0.4, 0.5) is 5.69 Å². The third kappa shape index (κ3) is 3.89. The SMILES string of the molecule is Cn1cccc1C(CNC(=O)c1cc([N+](=O)[O-])ccc1Cl)N1CCCC1. The van der Waals surface area contributed by atoms with E-state index in [1.54, 1.807) is 0 Å². The highest BCUT2D eigenvalue weighted by Gasteiger charge is 2.26. The highest BCUT2D eigenvalue weighted by molar-refractivity contribution is 6.33. The molecule has 1 aliphatic rings. The summed E-state index contributed by atoms with van der Waals surface area (Å²) in [5, 5.41) is 14.0. The number of non-ortho nitro benzene ring substituents is 1. The Labute approximate surface area is 156 Å². The van der Waals surface area contributed by atoms with Gasteiger partial charge in [0.2, 0.25) is 0 Å². The molecule has 0 bridgehead atoms. The zero-order valence-corrected chi connectivity index (χ0v) is 15.3. The second kappa shape index (κ2) is 7.88. The van der Waals surface area contributed by atoms with E-state index in [0.717, 1.165) is 31.6 Å². The molecule has 1 N–H and O–H groups in total. The van der Waals surface area contributed by atoms with Crippen LogP contribution in [-0.4, -0.2) is 39.9 Å². The molecule has 26 heavy (non-hydrogen) atoms. The van der Waals surface area contributed by atoms with Gasteiger partial charge < -0.3 is 9.88 Å². The van der Waals surface area contributed by atoms with Crippen LogP contribution in [0.2, 0.25) is 5.02 Å². The van der Waals surface area contributed by atoms with E-state index in [-0.39, 0.29) is 22.3 Å². The molecular formula is C18H21ClN4O3. The van der Waals surface area contributed by atoms with E-state index >= 15 is 0 Å². The molecule has 8 heteroatoms. The number of aryl methyl sites for hydroxylation is 1. The fourth-order valence-corrected chi connectivity index (χ4v) is 3.58. The summed E-state index contributed by atoms with van der Waals surface area (Å²) in [7, 11) is 1.98. The fraction of sp³-hybridized carbons (Fsp3) is 0.389. The number of rotatable bonds is 6. The standard InChI is InChI=1S/C18H21ClN4O3/c1-21-8-4-5-16(21)17(22-9-2-3-10-22)12-20-18(24)14-11-13(23(25)26)6-7-15(14)19/h4-8,11,17H,2-3,9-10,12H2,1H3,(H,20,24). The summed E-state index contributed by atoms with van der Waals surface area (Å²) in [4.78, 5) is 25.3. The highest BCUT2D eigenvalue weighted by atomic mass is 35.5. The molecular weight excluding hydrogens is 356 g/mol. The lowest BCUT2D eigenvalue weighted by Crippen LogP contribution is -2.37. The average molecular weight is 377 g/mol. The first kappa shape index (κ1) is 18.4. The number of hydrogen-bond acceptors (Lipinski definition) is 4. The third-order valence-corrected chi connectivity index (χ3v) is 5.10. The lowest BCUT2D eigenvalue weighted by molar-refractivity contribution is -0.384. The van der Waals surface area contributed by atoms with Crippen LogP contribution in [0.15, 0.2) is 36.5 Å². The van der Waals surface area contributed by atoms with Crippen molar-refractivity contribution in [3.63, 3.8) is 0 Å². The molecule has 1 unspecified atom stereocenters. The zero-order valence-electron chi connectivity index (χ0n) is 14.5. The Hall–Kier alpha value is -2.38. The van der Waals surface area contributed by atoms with Gasteiger partial charge >= 0.3 is 0 Å². The van der Waals surface area contributed by atoms with Crippen LogP contribution >= 0.6 is 11.6 Å². The lowest BCUT2D eigenvalue weighted by Gasteiger charge is -2.28. The summed E-state index contributed by atoms with van der Waals surface area (Å²) in [5.74, 6) is -0.405. The summed E-state index contributed by atoms with van der Waals surface area (Å²) in [5.41, 5.74) is 1.09. The number of halogens is 1. The molecule has 2 heterocycles. The molecule has 1 saturated heterocycles. The number of nitro groups is 1. The quantitative estimate of drug-likeness (QED) is 0.620. The molecule has 1 aliphatic heterocycles. The molecule has 1 fully saturated rings. The Morgan fingerprint density at radius 3 is 2.69 bits per heavy atom. The van der Waals surface area contributed by atoms with Gasteiger partial charge in [0.1, 0.15) is 0 Å². The second-order valence-electron chi connectivity index (χ2n) is 6.43. The molecule has 138 valence electrons. The minimum absolute atomic E-state index is 0.0546. The monoisotopic (exact) mass is 376 g/mol. The number of benzene rings is 1. The number of hydrogen-bond donors (Lipinski definition) is 1. The molecule has 0 aliphatic carbocycles. The number of nitro benzene ring substituents is 1. The maximum atomic E-state index is 12.6. The van der Waals surface area contributed by atoms with E-state index in [9.17, 15) is 14.9 Å².